The summed E-state index contributed by atoms with van der Waals surface area (Å²) in [5, 5.41) is 9.60. The molecule has 0 N–H and O–H groups in total. The number of para-hydroxylation sites is 2. The second kappa shape index (κ2) is 11.6. The lowest BCUT2D eigenvalue weighted by Crippen LogP contribution is -2.49. The summed E-state index contributed by atoms with van der Waals surface area (Å²) in [6.07, 6.45) is 5.90. The molecule has 2 fully saturated rings. The van der Waals surface area contributed by atoms with Crippen molar-refractivity contribution in [2.75, 3.05) is 44.0 Å². The molecule has 2 saturated heterocycles. The molecule has 1 aromatic carbocycles. The van der Waals surface area contributed by atoms with E-state index in [1.807, 2.05) is 28.8 Å². The van der Waals surface area contributed by atoms with Gasteiger partial charge in [0.05, 0.1) is 25.2 Å². The number of methoxy groups -OCH3 is 1. The first kappa shape index (κ1) is 24.4. The van der Waals surface area contributed by atoms with Crippen molar-refractivity contribution >= 4 is 29.6 Å². The number of carbonyl (C=O) groups is 2. The lowest BCUT2D eigenvalue weighted by molar-refractivity contribution is -0.155. The molecule has 9 nitrogen and oxygen atoms in total. The van der Waals surface area contributed by atoms with Crippen molar-refractivity contribution < 1.29 is 19.1 Å². The SMILES string of the molecule is CCOC(=O)[C@H]1CCCCN1C(=O)CSc1nnc(N2CCCCC2)n1-c1ccccc1OC. The minimum atomic E-state index is -0.502. The van der Waals surface area contributed by atoms with E-state index < -0.39 is 6.04 Å². The normalized spacial score (nSPS) is 18.6. The van der Waals surface area contributed by atoms with Gasteiger partial charge in [-0.25, -0.2) is 4.79 Å². The largest absolute Gasteiger partial charge is 0.495 e. The molecule has 4 rings (SSSR count). The maximum atomic E-state index is 13.2. The molecule has 1 aromatic heterocycles. The van der Waals surface area contributed by atoms with Crippen LogP contribution < -0.4 is 9.64 Å². The van der Waals surface area contributed by atoms with E-state index in [2.05, 4.69) is 15.1 Å². The Morgan fingerprint density at radius 1 is 1.06 bits per heavy atom. The van der Waals surface area contributed by atoms with Gasteiger partial charge in [0.1, 0.15) is 11.8 Å². The van der Waals surface area contributed by atoms with Gasteiger partial charge in [-0.15, -0.1) is 10.2 Å². The third-order valence-corrected chi connectivity index (χ3v) is 7.20. The number of ether oxygens (including phenoxy) is 2. The second-order valence-electron chi connectivity index (χ2n) is 8.48. The van der Waals surface area contributed by atoms with Crippen LogP contribution in [0.3, 0.4) is 0 Å². The molecule has 2 aliphatic heterocycles. The maximum Gasteiger partial charge on any atom is 0.328 e. The van der Waals surface area contributed by atoms with E-state index in [9.17, 15) is 9.59 Å². The fourth-order valence-corrected chi connectivity index (χ4v) is 5.43. The Labute approximate surface area is 204 Å². The number of esters is 1. The molecule has 0 spiro atoms. The smallest absolute Gasteiger partial charge is 0.328 e. The van der Waals surface area contributed by atoms with E-state index in [4.69, 9.17) is 9.47 Å². The monoisotopic (exact) mass is 487 g/mol. The summed E-state index contributed by atoms with van der Waals surface area (Å²) < 4.78 is 12.8. The highest BCUT2D eigenvalue weighted by atomic mass is 32.2. The van der Waals surface area contributed by atoms with E-state index in [1.54, 1.807) is 18.9 Å². The Morgan fingerprint density at radius 3 is 2.59 bits per heavy atom. The van der Waals surface area contributed by atoms with E-state index in [-0.39, 0.29) is 17.6 Å². The van der Waals surface area contributed by atoms with Gasteiger partial charge < -0.3 is 19.3 Å². The zero-order chi connectivity index (χ0) is 23.9. The highest BCUT2D eigenvalue weighted by molar-refractivity contribution is 7.99. The molecule has 10 heteroatoms. The third kappa shape index (κ3) is 5.32. The molecule has 0 aliphatic carbocycles. The quantitative estimate of drug-likeness (QED) is 0.414. The number of aromatic nitrogens is 3. The van der Waals surface area contributed by atoms with Crippen LogP contribution in [-0.2, 0) is 14.3 Å². The highest BCUT2D eigenvalue weighted by Crippen LogP contribution is 2.33. The summed E-state index contributed by atoms with van der Waals surface area (Å²) in [4.78, 5) is 29.5. The van der Waals surface area contributed by atoms with Crippen LogP contribution in [0, 0.1) is 0 Å². The van der Waals surface area contributed by atoms with Gasteiger partial charge in [-0.1, -0.05) is 23.9 Å². The Bertz CT molecular complexity index is 991. The van der Waals surface area contributed by atoms with Crippen LogP contribution >= 0.6 is 11.8 Å². The molecule has 0 bridgehead atoms. The Balaban J connectivity index is 1.57. The van der Waals surface area contributed by atoms with Gasteiger partial charge in [0, 0.05) is 19.6 Å². The number of piperidine rings is 2. The lowest BCUT2D eigenvalue weighted by atomic mass is 10.0. The molecule has 184 valence electrons. The molecule has 34 heavy (non-hydrogen) atoms. The van der Waals surface area contributed by atoms with Crippen LogP contribution in [0.25, 0.3) is 5.69 Å². The van der Waals surface area contributed by atoms with Gasteiger partial charge in [-0.3, -0.25) is 9.36 Å². The van der Waals surface area contributed by atoms with Crippen LogP contribution in [0.1, 0.15) is 45.4 Å². The highest BCUT2D eigenvalue weighted by Gasteiger charge is 2.33. The van der Waals surface area contributed by atoms with Crippen LogP contribution in [0.4, 0.5) is 5.95 Å². The third-order valence-electron chi connectivity index (χ3n) is 6.29. The fraction of sp³-hybridized carbons (Fsp3) is 0.583. The number of rotatable bonds is 8. The van der Waals surface area contributed by atoms with Crippen LogP contribution in [-0.4, -0.2) is 76.7 Å². The van der Waals surface area contributed by atoms with E-state index >= 15 is 0 Å². The van der Waals surface area contributed by atoms with Crippen molar-refractivity contribution in [3.05, 3.63) is 24.3 Å². The number of thioether (sulfide) groups is 1. The first-order valence-electron chi connectivity index (χ1n) is 12.1. The van der Waals surface area contributed by atoms with Crippen LogP contribution in [0.15, 0.2) is 29.4 Å². The van der Waals surface area contributed by atoms with E-state index in [1.165, 1.54) is 18.2 Å². The minimum Gasteiger partial charge on any atom is -0.495 e. The van der Waals surface area contributed by atoms with Crippen molar-refractivity contribution in [2.24, 2.45) is 0 Å². The van der Waals surface area contributed by atoms with Gasteiger partial charge >= 0.3 is 5.97 Å². The lowest BCUT2D eigenvalue weighted by Gasteiger charge is -2.34. The summed E-state index contributed by atoms with van der Waals surface area (Å²) in [7, 11) is 1.64. The van der Waals surface area contributed by atoms with Crippen LogP contribution in [0.2, 0.25) is 0 Å². The zero-order valence-electron chi connectivity index (χ0n) is 19.9. The number of carbonyl (C=O) groups excluding carboxylic acids is 2. The fourth-order valence-electron chi connectivity index (χ4n) is 4.60. The average molecular weight is 488 g/mol. The van der Waals surface area contributed by atoms with Gasteiger partial charge in [0.25, 0.3) is 0 Å². The van der Waals surface area contributed by atoms with Crippen LogP contribution in [0.5, 0.6) is 5.75 Å². The van der Waals surface area contributed by atoms with Crippen molar-refractivity contribution in [2.45, 2.75) is 56.6 Å². The molecule has 0 saturated carbocycles. The molecule has 1 atom stereocenters. The maximum absolute atomic E-state index is 13.2. The van der Waals surface area contributed by atoms with Gasteiger partial charge in [0.2, 0.25) is 11.9 Å². The van der Waals surface area contributed by atoms with Gasteiger partial charge in [-0.2, -0.15) is 0 Å². The molecule has 3 heterocycles. The first-order chi connectivity index (χ1) is 16.6. The second-order valence-corrected chi connectivity index (χ2v) is 9.42. The molecular formula is C24H33N5O4S. The standard InChI is InChI=1S/C24H33N5O4S/c1-3-33-22(31)19-12-7-10-16-28(19)21(30)17-34-24-26-25-23(27-14-8-4-9-15-27)29(24)18-11-5-6-13-20(18)32-2/h5-6,11,13,19H,3-4,7-10,12,14-17H2,1-2H3/t19-/m1/s1. The number of amides is 1. The predicted octanol–water partition coefficient (Wildman–Crippen LogP) is 3.30. The Hall–Kier alpha value is -2.75. The van der Waals surface area contributed by atoms with E-state index in [0.717, 1.165) is 50.4 Å². The number of anilines is 1. The molecule has 0 radical (unpaired) electrons. The molecule has 2 aromatic rings. The zero-order valence-corrected chi connectivity index (χ0v) is 20.8. The van der Waals surface area contributed by atoms with Gasteiger partial charge in [0.15, 0.2) is 5.16 Å². The first-order valence-corrected chi connectivity index (χ1v) is 13.0. The summed E-state index contributed by atoms with van der Waals surface area (Å²) in [6.45, 7) is 4.51. The summed E-state index contributed by atoms with van der Waals surface area (Å²) in [5.74, 6) is 1.25. The predicted molar refractivity (Wildman–Crippen MR) is 131 cm³/mol. The van der Waals surface area contributed by atoms with Crippen molar-refractivity contribution in [3.63, 3.8) is 0 Å². The molecule has 1 amide bonds. The number of hydrogen-bond donors (Lipinski definition) is 0. The summed E-state index contributed by atoms with van der Waals surface area (Å²) in [5.41, 5.74) is 0.841. The minimum absolute atomic E-state index is 0.0862. The topological polar surface area (TPSA) is 89.8 Å². The molecule has 0 unspecified atom stereocenters. The number of likely N-dealkylation sites (tertiary alicyclic amines) is 1. The summed E-state index contributed by atoms with van der Waals surface area (Å²) in [6, 6.07) is 7.26. The van der Waals surface area contributed by atoms with Gasteiger partial charge in [-0.05, 0) is 57.6 Å². The van der Waals surface area contributed by atoms with Crippen molar-refractivity contribution in [1.82, 2.24) is 19.7 Å². The molecular weight excluding hydrogens is 454 g/mol. The van der Waals surface area contributed by atoms with E-state index in [0.29, 0.717) is 30.5 Å². The number of nitrogens with zero attached hydrogens (tertiary/aromatic N) is 5. The van der Waals surface area contributed by atoms with Crippen molar-refractivity contribution in [1.29, 1.82) is 0 Å². The Morgan fingerprint density at radius 2 is 1.82 bits per heavy atom. The molecule has 2 aliphatic rings. The number of hydrogen-bond acceptors (Lipinski definition) is 8. The van der Waals surface area contributed by atoms with Crippen molar-refractivity contribution in [3.8, 4) is 11.4 Å². The Kier molecular flexibility index (Phi) is 8.31. The average Bonchev–Trinajstić information content (AvgIpc) is 3.31. The summed E-state index contributed by atoms with van der Waals surface area (Å²) >= 11 is 1.34. The number of benzene rings is 1.